The van der Waals surface area contributed by atoms with E-state index in [9.17, 15) is 9.59 Å². The van der Waals surface area contributed by atoms with Crippen molar-refractivity contribution in [3.8, 4) is 11.4 Å². The van der Waals surface area contributed by atoms with Crippen molar-refractivity contribution >= 4 is 11.7 Å². The number of hydrogen-bond donors (Lipinski definition) is 1. The van der Waals surface area contributed by atoms with Gasteiger partial charge in [0.25, 0.3) is 0 Å². The molecule has 0 radical (unpaired) electrons. The number of amides is 1. The fraction of sp³-hybridized carbons (Fsp3) is 0.286. The summed E-state index contributed by atoms with van der Waals surface area (Å²) in [7, 11) is 0. The van der Waals surface area contributed by atoms with Gasteiger partial charge < -0.3 is 9.84 Å². The van der Waals surface area contributed by atoms with Gasteiger partial charge in [0.05, 0.1) is 13.0 Å². The summed E-state index contributed by atoms with van der Waals surface area (Å²) in [6.07, 6.45) is -0.140. The van der Waals surface area contributed by atoms with E-state index in [1.807, 2.05) is 31.2 Å². The van der Waals surface area contributed by atoms with Crippen LogP contribution in [0.25, 0.3) is 11.4 Å². The summed E-state index contributed by atoms with van der Waals surface area (Å²) in [6, 6.07) is 7.72. The fourth-order valence-electron chi connectivity index (χ4n) is 1.61. The Balaban J connectivity index is 1.97. The molecule has 1 amide bonds. The first-order chi connectivity index (χ1) is 9.54. The molecular weight excluding hydrogens is 258 g/mol. The number of benzene rings is 1. The monoisotopic (exact) mass is 273 g/mol. The summed E-state index contributed by atoms with van der Waals surface area (Å²) in [6.45, 7) is 3.47. The maximum absolute atomic E-state index is 11.3. The Morgan fingerprint density at radius 1 is 1.25 bits per heavy atom. The van der Waals surface area contributed by atoms with Gasteiger partial charge in [0.2, 0.25) is 17.6 Å². The normalized spacial score (nSPS) is 10.3. The van der Waals surface area contributed by atoms with Crippen LogP contribution >= 0.6 is 0 Å². The molecule has 0 aliphatic heterocycles. The van der Waals surface area contributed by atoms with Gasteiger partial charge in [-0.25, -0.2) is 0 Å². The molecule has 2 rings (SSSR count). The number of aromatic nitrogens is 2. The number of carbonyl (C=O) groups is 2. The Bertz CT molecular complexity index is 617. The highest BCUT2D eigenvalue weighted by atomic mass is 16.5. The quantitative estimate of drug-likeness (QED) is 0.837. The van der Waals surface area contributed by atoms with Gasteiger partial charge in [-0.3, -0.25) is 9.59 Å². The van der Waals surface area contributed by atoms with Gasteiger partial charge in [-0.15, -0.1) is 0 Å². The van der Waals surface area contributed by atoms with Crippen molar-refractivity contribution in [2.45, 2.75) is 26.8 Å². The number of nitrogens with one attached hydrogen (secondary N) is 1. The van der Waals surface area contributed by atoms with Crippen LogP contribution in [0.4, 0.5) is 0 Å². The molecule has 0 fully saturated rings. The SMILES string of the molecule is CC(=O)CC(=O)NCc1nc(-c2ccc(C)cc2)no1. The topological polar surface area (TPSA) is 85.1 Å². The molecule has 1 N–H and O–H groups in total. The van der Waals surface area contributed by atoms with Crippen LogP contribution in [0.5, 0.6) is 0 Å². The number of nitrogens with zero attached hydrogens (tertiary/aromatic N) is 2. The molecule has 6 heteroatoms. The second kappa shape index (κ2) is 6.10. The lowest BCUT2D eigenvalue weighted by molar-refractivity contribution is -0.127. The third-order valence-corrected chi connectivity index (χ3v) is 2.62. The highest BCUT2D eigenvalue weighted by Gasteiger charge is 2.10. The first-order valence-corrected chi connectivity index (χ1v) is 6.20. The lowest BCUT2D eigenvalue weighted by Crippen LogP contribution is -2.24. The number of rotatable bonds is 5. The Labute approximate surface area is 116 Å². The molecule has 2 aromatic rings. The number of Topliss-reactive ketones (excluding diaryl/α,β-unsaturated/α-hetero) is 1. The second-order valence-electron chi connectivity index (χ2n) is 4.53. The smallest absolute Gasteiger partial charge is 0.246 e. The summed E-state index contributed by atoms with van der Waals surface area (Å²) >= 11 is 0. The van der Waals surface area contributed by atoms with Gasteiger partial charge in [0.1, 0.15) is 5.78 Å². The number of ketones is 1. The zero-order chi connectivity index (χ0) is 14.5. The van der Waals surface area contributed by atoms with E-state index in [-0.39, 0.29) is 24.7 Å². The summed E-state index contributed by atoms with van der Waals surface area (Å²) in [5, 5.41) is 6.40. The van der Waals surface area contributed by atoms with E-state index in [1.54, 1.807) is 0 Å². The van der Waals surface area contributed by atoms with Gasteiger partial charge in [0, 0.05) is 5.56 Å². The average Bonchev–Trinajstić information content (AvgIpc) is 2.85. The van der Waals surface area contributed by atoms with Crippen LogP contribution in [0.3, 0.4) is 0 Å². The van der Waals surface area contributed by atoms with Crippen LogP contribution in [0, 0.1) is 6.92 Å². The molecule has 1 aromatic heterocycles. The zero-order valence-electron chi connectivity index (χ0n) is 11.3. The summed E-state index contributed by atoms with van der Waals surface area (Å²) < 4.78 is 5.04. The third-order valence-electron chi connectivity index (χ3n) is 2.62. The first-order valence-electron chi connectivity index (χ1n) is 6.20. The molecule has 0 aliphatic rings. The fourth-order valence-corrected chi connectivity index (χ4v) is 1.61. The number of hydrogen-bond acceptors (Lipinski definition) is 5. The predicted molar refractivity (Wildman–Crippen MR) is 71.6 cm³/mol. The van der Waals surface area contributed by atoms with E-state index in [1.165, 1.54) is 6.92 Å². The molecule has 104 valence electrons. The molecular formula is C14H15N3O3. The van der Waals surface area contributed by atoms with E-state index < -0.39 is 0 Å². The Morgan fingerprint density at radius 3 is 2.60 bits per heavy atom. The van der Waals surface area contributed by atoms with E-state index in [0.29, 0.717) is 11.7 Å². The van der Waals surface area contributed by atoms with E-state index in [0.717, 1.165) is 11.1 Å². The molecule has 0 saturated carbocycles. The van der Waals surface area contributed by atoms with Crippen LogP contribution in [0.1, 0.15) is 24.8 Å². The maximum atomic E-state index is 11.3. The lowest BCUT2D eigenvalue weighted by Gasteiger charge is -1.98. The minimum atomic E-state index is -0.354. The number of carbonyl (C=O) groups excluding carboxylic acids is 2. The van der Waals surface area contributed by atoms with E-state index in [2.05, 4.69) is 15.5 Å². The van der Waals surface area contributed by atoms with Crippen molar-refractivity contribution in [1.29, 1.82) is 0 Å². The van der Waals surface area contributed by atoms with Crippen LogP contribution in [0.15, 0.2) is 28.8 Å². The lowest BCUT2D eigenvalue weighted by atomic mass is 10.1. The minimum absolute atomic E-state index is 0.116. The molecule has 1 aromatic carbocycles. The average molecular weight is 273 g/mol. The zero-order valence-corrected chi connectivity index (χ0v) is 11.3. The van der Waals surface area contributed by atoms with Crippen molar-refractivity contribution in [3.63, 3.8) is 0 Å². The molecule has 0 unspecified atom stereocenters. The largest absolute Gasteiger partial charge is 0.347 e. The Kier molecular flexibility index (Phi) is 4.24. The minimum Gasteiger partial charge on any atom is -0.347 e. The highest BCUT2D eigenvalue weighted by Crippen LogP contribution is 2.16. The van der Waals surface area contributed by atoms with Gasteiger partial charge in [0.15, 0.2) is 0 Å². The molecule has 0 atom stereocenters. The van der Waals surface area contributed by atoms with Crippen molar-refractivity contribution in [2.24, 2.45) is 0 Å². The third kappa shape index (κ3) is 3.74. The van der Waals surface area contributed by atoms with Crippen molar-refractivity contribution in [2.75, 3.05) is 0 Å². The van der Waals surface area contributed by atoms with E-state index in [4.69, 9.17) is 4.52 Å². The molecule has 20 heavy (non-hydrogen) atoms. The van der Waals surface area contributed by atoms with Gasteiger partial charge in [-0.2, -0.15) is 4.98 Å². The summed E-state index contributed by atoms with van der Waals surface area (Å²) in [5.41, 5.74) is 2.00. The molecule has 0 spiro atoms. The first kappa shape index (κ1) is 13.9. The van der Waals surface area contributed by atoms with Crippen molar-refractivity contribution in [3.05, 3.63) is 35.7 Å². The Morgan fingerprint density at radius 2 is 1.95 bits per heavy atom. The van der Waals surface area contributed by atoms with Crippen LogP contribution in [-0.4, -0.2) is 21.8 Å². The van der Waals surface area contributed by atoms with Crippen LogP contribution in [-0.2, 0) is 16.1 Å². The summed E-state index contributed by atoms with van der Waals surface area (Å²) in [4.78, 5) is 26.3. The standard InChI is InChI=1S/C14H15N3O3/c1-9-3-5-11(6-4-9)14-16-13(20-17-14)8-15-12(19)7-10(2)18/h3-6H,7-8H2,1-2H3,(H,15,19). The number of aryl methyl sites for hydroxylation is 1. The molecule has 6 nitrogen and oxygen atoms in total. The van der Waals surface area contributed by atoms with Gasteiger partial charge >= 0.3 is 0 Å². The van der Waals surface area contributed by atoms with Crippen LogP contribution in [0.2, 0.25) is 0 Å². The molecule has 0 saturated heterocycles. The van der Waals surface area contributed by atoms with Crippen molar-refractivity contribution < 1.29 is 14.1 Å². The predicted octanol–water partition coefficient (Wildman–Crippen LogP) is 1.64. The summed E-state index contributed by atoms with van der Waals surface area (Å²) in [5.74, 6) is 0.235. The van der Waals surface area contributed by atoms with E-state index >= 15 is 0 Å². The Hall–Kier alpha value is -2.50. The molecule has 1 heterocycles. The van der Waals surface area contributed by atoms with Gasteiger partial charge in [-0.1, -0.05) is 35.0 Å². The molecule has 0 bridgehead atoms. The maximum Gasteiger partial charge on any atom is 0.246 e. The van der Waals surface area contributed by atoms with Crippen molar-refractivity contribution in [1.82, 2.24) is 15.5 Å². The van der Waals surface area contributed by atoms with Gasteiger partial charge in [-0.05, 0) is 13.8 Å². The second-order valence-corrected chi connectivity index (χ2v) is 4.53. The van der Waals surface area contributed by atoms with Crippen LogP contribution < -0.4 is 5.32 Å². The highest BCUT2D eigenvalue weighted by molar-refractivity contribution is 5.96. The molecule has 0 aliphatic carbocycles.